The summed E-state index contributed by atoms with van der Waals surface area (Å²) in [7, 11) is 0. The number of rotatable bonds is 6. The van der Waals surface area contributed by atoms with Crippen molar-refractivity contribution >= 4 is 11.8 Å². The van der Waals surface area contributed by atoms with Crippen LogP contribution in [0.4, 0.5) is 0 Å². The van der Waals surface area contributed by atoms with Gasteiger partial charge in [0, 0.05) is 32.6 Å². The Hall–Kier alpha value is -1.10. The molecule has 0 aromatic heterocycles. The van der Waals surface area contributed by atoms with Crippen LogP contribution in [0.5, 0.6) is 0 Å². The molecule has 1 aliphatic heterocycles. The largest absolute Gasteiger partial charge is 0.339 e. The molecule has 0 radical (unpaired) electrons. The topological polar surface area (TPSA) is 66.6 Å². The van der Waals surface area contributed by atoms with Gasteiger partial charge < -0.3 is 15.5 Å². The molecule has 0 spiro atoms. The first-order chi connectivity index (χ1) is 10.6. The predicted molar refractivity (Wildman–Crippen MR) is 87.2 cm³/mol. The highest BCUT2D eigenvalue weighted by molar-refractivity contribution is 5.82. The molecular weight excluding hydrogens is 278 g/mol. The van der Waals surface area contributed by atoms with E-state index in [1.54, 1.807) is 0 Å². The van der Waals surface area contributed by atoms with E-state index in [1.165, 1.54) is 25.7 Å². The lowest BCUT2D eigenvalue weighted by Crippen LogP contribution is -2.54. The number of carbonyl (C=O) groups excluding carboxylic acids is 2. The van der Waals surface area contributed by atoms with Crippen molar-refractivity contribution < 1.29 is 9.59 Å². The van der Waals surface area contributed by atoms with Gasteiger partial charge in [0.15, 0.2) is 0 Å². The molecule has 22 heavy (non-hydrogen) atoms. The van der Waals surface area contributed by atoms with E-state index < -0.39 is 0 Å². The fourth-order valence-corrected chi connectivity index (χ4v) is 3.63. The second-order valence-electron chi connectivity index (χ2n) is 6.79. The van der Waals surface area contributed by atoms with Crippen LogP contribution >= 0.6 is 0 Å². The van der Waals surface area contributed by atoms with Crippen molar-refractivity contribution in [3.8, 4) is 0 Å². The summed E-state index contributed by atoms with van der Waals surface area (Å²) in [5.74, 6) is 1.07. The Morgan fingerprint density at radius 3 is 2.27 bits per heavy atom. The van der Waals surface area contributed by atoms with Gasteiger partial charge in [-0.05, 0) is 18.8 Å². The molecule has 2 fully saturated rings. The quantitative estimate of drug-likeness (QED) is 0.813. The van der Waals surface area contributed by atoms with Gasteiger partial charge in [-0.1, -0.05) is 39.0 Å². The van der Waals surface area contributed by atoms with Crippen molar-refractivity contribution in [2.75, 3.05) is 26.2 Å². The van der Waals surface area contributed by atoms with E-state index in [1.807, 2.05) is 16.7 Å². The molecule has 1 unspecified atom stereocenters. The number of nitrogens with zero attached hydrogens (tertiary/aromatic N) is 2. The molecule has 0 aromatic rings. The maximum Gasteiger partial charge on any atom is 0.239 e. The number of piperazine rings is 1. The lowest BCUT2D eigenvalue weighted by molar-refractivity contribution is -0.140. The van der Waals surface area contributed by atoms with Gasteiger partial charge >= 0.3 is 0 Å². The van der Waals surface area contributed by atoms with Crippen molar-refractivity contribution in [1.29, 1.82) is 0 Å². The van der Waals surface area contributed by atoms with E-state index >= 15 is 0 Å². The molecule has 1 heterocycles. The first-order valence-corrected chi connectivity index (χ1v) is 8.94. The molecule has 2 N–H and O–H groups in total. The van der Waals surface area contributed by atoms with Gasteiger partial charge in [0.05, 0.1) is 6.04 Å². The zero-order chi connectivity index (χ0) is 15.9. The molecule has 0 aromatic carbocycles. The van der Waals surface area contributed by atoms with Crippen LogP contribution in [0.1, 0.15) is 58.3 Å². The molecule has 0 bridgehead atoms. The van der Waals surface area contributed by atoms with Crippen LogP contribution in [0.2, 0.25) is 0 Å². The van der Waals surface area contributed by atoms with E-state index in [-0.39, 0.29) is 17.9 Å². The molecule has 5 heteroatoms. The Morgan fingerprint density at radius 2 is 1.68 bits per heavy atom. The summed E-state index contributed by atoms with van der Waals surface area (Å²) in [5, 5.41) is 0. The van der Waals surface area contributed by atoms with Gasteiger partial charge in [0.2, 0.25) is 11.8 Å². The predicted octanol–water partition coefficient (Wildman–Crippen LogP) is 1.75. The summed E-state index contributed by atoms with van der Waals surface area (Å²) in [4.78, 5) is 28.2. The van der Waals surface area contributed by atoms with Crippen LogP contribution in [0.3, 0.4) is 0 Å². The van der Waals surface area contributed by atoms with Crippen molar-refractivity contribution in [3.05, 3.63) is 0 Å². The normalized spacial score (nSPS) is 21.2. The Balaban J connectivity index is 1.69. The van der Waals surface area contributed by atoms with Crippen molar-refractivity contribution in [1.82, 2.24) is 9.80 Å². The van der Waals surface area contributed by atoms with Crippen LogP contribution < -0.4 is 5.73 Å². The second kappa shape index (κ2) is 8.51. The van der Waals surface area contributed by atoms with Gasteiger partial charge in [-0.15, -0.1) is 0 Å². The minimum atomic E-state index is -0.380. The molecule has 2 amide bonds. The third-order valence-corrected chi connectivity index (χ3v) is 5.10. The fraction of sp³-hybridized carbons (Fsp3) is 0.882. The molecule has 126 valence electrons. The summed E-state index contributed by atoms with van der Waals surface area (Å²) >= 11 is 0. The summed E-state index contributed by atoms with van der Waals surface area (Å²) in [6.07, 6.45) is 8.63. The van der Waals surface area contributed by atoms with E-state index in [0.717, 1.165) is 25.2 Å². The zero-order valence-electron chi connectivity index (χ0n) is 13.9. The summed E-state index contributed by atoms with van der Waals surface area (Å²) in [5.41, 5.74) is 5.90. The summed E-state index contributed by atoms with van der Waals surface area (Å²) < 4.78 is 0. The lowest BCUT2D eigenvalue weighted by atomic mass is 10.0. The Labute approximate surface area is 134 Å². The SMILES string of the molecule is CCCC(N)C(=O)N1CCN(C(=O)CCC2CCCC2)CC1. The number of amides is 2. The average Bonchev–Trinajstić information content (AvgIpc) is 3.05. The van der Waals surface area contributed by atoms with Gasteiger partial charge in [0.1, 0.15) is 0 Å². The van der Waals surface area contributed by atoms with Crippen LogP contribution in [0.15, 0.2) is 0 Å². The molecule has 1 atom stereocenters. The smallest absolute Gasteiger partial charge is 0.239 e. The molecule has 1 saturated carbocycles. The van der Waals surface area contributed by atoms with Crippen molar-refractivity contribution in [2.24, 2.45) is 11.7 Å². The molecule has 1 aliphatic carbocycles. The van der Waals surface area contributed by atoms with Crippen LogP contribution in [0, 0.1) is 5.92 Å². The highest BCUT2D eigenvalue weighted by Crippen LogP contribution is 2.28. The monoisotopic (exact) mass is 309 g/mol. The van der Waals surface area contributed by atoms with Gasteiger partial charge in [-0.3, -0.25) is 9.59 Å². The summed E-state index contributed by atoms with van der Waals surface area (Å²) in [6, 6.07) is -0.380. The van der Waals surface area contributed by atoms with E-state index in [4.69, 9.17) is 5.73 Å². The van der Waals surface area contributed by atoms with Crippen molar-refractivity contribution in [3.63, 3.8) is 0 Å². The van der Waals surface area contributed by atoms with E-state index in [2.05, 4.69) is 0 Å². The zero-order valence-corrected chi connectivity index (χ0v) is 13.9. The highest BCUT2D eigenvalue weighted by atomic mass is 16.2. The third-order valence-electron chi connectivity index (χ3n) is 5.10. The number of nitrogens with two attached hydrogens (primary N) is 1. The number of hydrogen-bond donors (Lipinski definition) is 1. The van der Waals surface area contributed by atoms with Gasteiger partial charge in [0.25, 0.3) is 0 Å². The highest BCUT2D eigenvalue weighted by Gasteiger charge is 2.27. The van der Waals surface area contributed by atoms with Crippen LogP contribution in [0.25, 0.3) is 0 Å². The van der Waals surface area contributed by atoms with Crippen molar-refractivity contribution in [2.45, 2.75) is 64.3 Å². The maximum absolute atomic E-state index is 12.3. The average molecular weight is 309 g/mol. The number of hydrogen-bond acceptors (Lipinski definition) is 3. The Morgan fingerprint density at radius 1 is 1.09 bits per heavy atom. The van der Waals surface area contributed by atoms with E-state index in [9.17, 15) is 9.59 Å². The van der Waals surface area contributed by atoms with Gasteiger partial charge in [-0.25, -0.2) is 0 Å². The number of carbonyl (C=O) groups is 2. The summed E-state index contributed by atoms with van der Waals surface area (Å²) in [6.45, 7) is 4.62. The first-order valence-electron chi connectivity index (χ1n) is 8.94. The van der Waals surface area contributed by atoms with E-state index in [0.29, 0.717) is 32.6 Å². The molecule has 2 rings (SSSR count). The minimum absolute atomic E-state index is 0.0416. The second-order valence-corrected chi connectivity index (χ2v) is 6.79. The standard InChI is InChI=1S/C17H31N3O2/c1-2-5-15(18)17(22)20-12-10-19(11-13-20)16(21)9-8-14-6-3-4-7-14/h14-15H,2-13,18H2,1H3. The molecule has 5 nitrogen and oxygen atoms in total. The van der Waals surface area contributed by atoms with Crippen LogP contribution in [-0.4, -0.2) is 53.8 Å². The maximum atomic E-state index is 12.3. The molecular formula is C17H31N3O2. The van der Waals surface area contributed by atoms with Gasteiger partial charge in [-0.2, -0.15) is 0 Å². The Kier molecular flexibility index (Phi) is 6.68. The fourth-order valence-electron chi connectivity index (χ4n) is 3.63. The molecule has 1 saturated heterocycles. The minimum Gasteiger partial charge on any atom is -0.339 e. The first kappa shape index (κ1) is 17.3. The third kappa shape index (κ3) is 4.70. The Bertz CT molecular complexity index is 372. The molecule has 2 aliphatic rings. The van der Waals surface area contributed by atoms with Crippen LogP contribution in [-0.2, 0) is 9.59 Å². The lowest BCUT2D eigenvalue weighted by Gasteiger charge is -2.36.